The van der Waals surface area contributed by atoms with Crippen LogP contribution in [0.2, 0.25) is 10.0 Å². The summed E-state index contributed by atoms with van der Waals surface area (Å²) in [5.74, 6) is 2.19. The highest BCUT2D eigenvalue weighted by Crippen LogP contribution is 2.27. The van der Waals surface area contributed by atoms with Gasteiger partial charge in [0.05, 0.1) is 26.2 Å². The van der Waals surface area contributed by atoms with Crippen LogP contribution in [0.1, 0.15) is 5.56 Å². The molecule has 32 heavy (non-hydrogen) atoms. The van der Waals surface area contributed by atoms with Gasteiger partial charge in [-0.25, -0.2) is 8.42 Å². The van der Waals surface area contributed by atoms with E-state index in [0.29, 0.717) is 15.8 Å². The van der Waals surface area contributed by atoms with Crippen LogP contribution in [0.25, 0.3) is 0 Å². The summed E-state index contributed by atoms with van der Waals surface area (Å²) < 4.78 is 49.5. The summed E-state index contributed by atoms with van der Waals surface area (Å²) in [6.07, 6.45) is 0. The molecule has 3 aromatic carbocycles. The number of aryl methyl sites for hydroxylation is 1. The van der Waals surface area contributed by atoms with Crippen molar-refractivity contribution in [2.75, 3.05) is 21.3 Å². The quantitative estimate of drug-likeness (QED) is 0.314. The molecule has 0 fully saturated rings. The van der Waals surface area contributed by atoms with Crippen LogP contribution in [-0.2, 0) is 10.1 Å². The maximum Gasteiger partial charge on any atom is 0.366 e. The molecule has 6 nitrogen and oxygen atoms in total. The summed E-state index contributed by atoms with van der Waals surface area (Å²) in [5.41, 5.74) is 0.928. The van der Waals surface area contributed by atoms with Gasteiger partial charge in [-0.15, -0.1) is 0 Å². The average Bonchev–Trinajstić information content (AvgIpc) is 2.73. The standard InChI is InChI=1S/C15H14Cl2IO3.C7H8O3S/c1-19-12-7-13(20-2)15(14(8-12)21-3)18-11-5-9(16)4-10(17)6-11;1-6-2-4-7(5-3-6)11(8,9)10/h4-8H,1-3H3;2-5H,1H3,(H,8,9,10)/q+1;/p-1. The molecule has 0 amide bonds. The lowest BCUT2D eigenvalue weighted by Gasteiger charge is -2.08. The zero-order chi connectivity index (χ0) is 23.9. The van der Waals surface area contributed by atoms with E-state index in [-0.39, 0.29) is 4.90 Å². The highest BCUT2D eigenvalue weighted by atomic mass is 127. The Morgan fingerprint density at radius 2 is 1.31 bits per heavy atom. The van der Waals surface area contributed by atoms with Crippen molar-refractivity contribution < 1.29 is 48.4 Å². The molecule has 10 heteroatoms. The second-order valence-electron chi connectivity index (χ2n) is 6.30. The van der Waals surface area contributed by atoms with Crippen molar-refractivity contribution in [1.82, 2.24) is 0 Å². The molecule has 0 aliphatic rings. The van der Waals surface area contributed by atoms with Gasteiger partial charge in [0.15, 0.2) is 15.1 Å². The largest absolute Gasteiger partial charge is 0.744 e. The van der Waals surface area contributed by atoms with Crippen molar-refractivity contribution >= 4 is 33.3 Å². The topological polar surface area (TPSA) is 84.9 Å². The molecule has 0 saturated carbocycles. The van der Waals surface area contributed by atoms with Gasteiger partial charge in [-0.05, 0) is 25.1 Å². The molecule has 0 aliphatic heterocycles. The number of methoxy groups -OCH3 is 3. The van der Waals surface area contributed by atoms with E-state index < -0.39 is 31.3 Å². The lowest BCUT2D eigenvalue weighted by Crippen LogP contribution is -3.61. The molecule has 0 atom stereocenters. The zero-order valence-corrected chi connectivity index (χ0v) is 22.2. The van der Waals surface area contributed by atoms with E-state index in [1.54, 1.807) is 39.5 Å². The number of hydrogen-bond donors (Lipinski definition) is 0. The maximum atomic E-state index is 10.4. The van der Waals surface area contributed by atoms with Gasteiger partial charge in [0, 0.05) is 34.3 Å². The molecule has 0 unspecified atom stereocenters. The van der Waals surface area contributed by atoms with E-state index in [4.69, 9.17) is 37.4 Å². The molecule has 0 saturated heterocycles. The van der Waals surface area contributed by atoms with E-state index in [1.165, 1.54) is 12.1 Å². The Kier molecular flexibility index (Phi) is 9.90. The summed E-state index contributed by atoms with van der Waals surface area (Å²) >= 11 is 11.6. The summed E-state index contributed by atoms with van der Waals surface area (Å²) in [6, 6.07) is 15.0. The number of halogens is 3. The lowest BCUT2D eigenvalue weighted by molar-refractivity contribution is -0.598. The zero-order valence-electron chi connectivity index (χ0n) is 17.7. The summed E-state index contributed by atoms with van der Waals surface area (Å²) in [7, 11) is 0.604. The average molecular weight is 611 g/mol. The lowest BCUT2D eigenvalue weighted by atomic mass is 10.2. The predicted molar refractivity (Wildman–Crippen MR) is 119 cm³/mol. The Morgan fingerprint density at radius 1 is 0.812 bits per heavy atom. The first kappa shape index (κ1) is 26.5. The molecule has 3 rings (SSSR count). The number of benzene rings is 3. The maximum absolute atomic E-state index is 10.4. The van der Waals surface area contributed by atoms with Crippen LogP contribution >= 0.6 is 23.2 Å². The fourth-order valence-corrected chi connectivity index (χ4v) is 6.70. The Labute approximate surface area is 208 Å². The summed E-state index contributed by atoms with van der Waals surface area (Å²) in [5, 5.41) is 1.26. The van der Waals surface area contributed by atoms with Gasteiger partial charge in [-0.1, -0.05) is 40.9 Å². The van der Waals surface area contributed by atoms with Crippen molar-refractivity contribution in [3.05, 3.63) is 77.3 Å². The third-order valence-corrected chi connectivity index (χ3v) is 8.13. The third kappa shape index (κ3) is 7.70. The van der Waals surface area contributed by atoms with Crippen LogP contribution in [0.3, 0.4) is 0 Å². The van der Waals surface area contributed by atoms with Crippen LogP contribution in [0.4, 0.5) is 0 Å². The summed E-state index contributed by atoms with van der Waals surface area (Å²) in [6.45, 7) is 1.82. The van der Waals surface area contributed by atoms with Gasteiger partial charge in [-0.2, -0.15) is 0 Å². The molecule has 0 aliphatic carbocycles. The van der Waals surface area contributed by atoms with Crippen molar-refractivity contribution in [3.8, 4) is 17.2 Å². The van der Waals surface area contributed by atoms with Crippen LogP contribution < -0.4 is 35.4 Å². The smallest absolute Gasteiger partial charge is 0.366 e. The van der Waals surface area contributed by atoms with E-state index in [2.05, 4.69) is 0 Å². The molecule has 0 radical (unpaired) electrons. The fraction of sp³-hybridized carbons (Fsp3) is 0.182. The molecule has 0 N–H and O–H groups in total. The molecular weight excluding hydrogens is 590 g/mol. The van der Waals surface area contributed by atoms with Crippen LogP contribution in [0, 0.1) is 14.1 Å². The normalized spacial score (nSPS) is 10.7. The Balaban J connectivity index is 0.000000278. The third-order valence-electron chi connectivity index (χ3n) is 4.00. The minimum Gasteiger partial charge on any atom is -0.744 e. The van der Waals surface area contributed by atoms with Gasteiger partial charge in [0.1, 0.15) is 15.9 Å². The van der Waals surface area contributed by atoms with Crippen molar-refractivity contribution in [2.24, 2.45) is 0 Å². The van der Waals surface area contributed by atoms with E-state index >= 15 is 0 Å². The first-order valence-corrected chi connectivity index (χ1v) is 13.3. The van der Waals surface area contributed by atoms with E-state index in [1.807, 2.05) is 31.2 Å². The van der Waals surface area contributed by atoms with Crippen LogP contribution in [-0.4, -0.2) is 34.3 Å². The molecule has 0 aromatic heterocycles. The SMILES string of the molecule is COc1cc(OC)c([I+]c2cc(Cl)cc(Cl)c2)c(OC)c1.Cc1ccc(S(=O)(=O)[O-])cc1. The molecule has 172 valence electrons. The molecule has 0 heterocycles. The Hall–Kier alpha value is -1.72. The minimum absolute atomic E-state index is 0.178. The highest BCUT2D eigenvalue weighted by Gasteiger charge is 2.28. The first-order chi connectivity index (χ1) is 15.1. The van der Waals surface area contributed by atoms with Crippen molar-refractivity contribution in [2.45, 2.75) is 11.8 Å². The Bertz CT molecular complexity index is 1120. The van der Waals surface area contributed by atoms with Gasteiger partial charge in [0.2, 0.25) is 0 Å². The number of ether oxygens (including phenoxy) is 3. The van der Waals surface area contributed by atoms with Crippen molar-refractivity contribution in [1.29, 1.82) is 0 Å². The van der Waals surface area contributed by atoms with E-state index in [9.17, 15) is 13.0 Å². The minimum atomic E-state index is -4.27. The second kappa shape index (κ2) is 11.9. The molecule has 0 bridgehead atoms. The number of rotatable bonds is 6. The fourth-order valence-electron chi connectivity index (χ4n) is 2.45. The van der Waals surface area contributed by atoms with Gasteiger partial charge < -0.3 is 18.8 Å². The van der Waals surface area contributed by atoms with Gasteiger partial charge >= 0.3 is 21.2 Å². The second-order valence-corrected chi connectivity index (χ2v) is 11.4. The van der Waals surface area contributed by atoms with Crippen LogP contribution in [0.5, 0.6) is 17.2 Å². The van der Waals surface area contributed by atoms with Gasteiger partial charge in [-0.3, -0.25) is 0 Å². The summed E-state index contributed by atoms with van der Waals surface area (Å²) in [4.78, 5) is -0.178. The van der Waals surface area contributed by atoms with Crippen LogP contribution in [0.15, 0.2) is 59.5 Å². The van der Waals surface area contributed by atoms with Gasteiger partial charge in [0.25, 0.3) is 3.57 Å². The first-order valence-electron chi connectivity index (χ1n) is 9.01. The molecule has 0 spiro atoms. The molecular formula is C22H21Cl2IO6S. The highest BCUT2D eigenvalue weighted by molar-refractivity contribution is 7.85. The van der Waals surface area contributed by atoms with Crippen molar-refractivity contribution in [3.63, 3.8) is 0 Å². The molecule has 3 aromatic rings. The van der Waals surface area contributed by atoms with E-state index in [0.717, 1.165) is 24.2 Å². The predicted octanol–water partition coefficient (Wildman–Crippen LogP) is 2.05. The monoisotopic (exact) mass is 610 g/mol. The Morgan fingerprint density at radius 3 is 1.72 bits per heavy atom. The number of hydrogen-bond acceptors (Lipinski definition) is 6.